The Morgan fingerprint density at radius 2 is 1.96 bits per heavy atom. The number of carbonyl (C=O) groups excluding carboxylic acids is 1. The van der Waals surface area contributed by atoms with Gasteiger partial charge in [0.2, 0.25) is 5.91 Å². The summed E-state index contributed by atoms with van der Waals surface area (Å²) >= 11 is 3.42. The average molecular weight is 409 g/mol. The number of halogens is 1. The molecule has 6 heteroatoms. The Kier molecular flexibility index (Phi) is 4.75. The second kappa shape index (κ2) is 6.85. The normalized spacial score (nSPS) is 11.3. The molecule has 3 rings (SSSR count). The molecule has 5 nitrogen and oxygen atoms in total. The zero-order chi connectivity index (χ0) is 18.9. The number of hydrogen-bond acceptors (Lipinski definition) is 4. The molecule has 0 spiro atoms. The quantitative estimate of drug-likeness (QED) is 0.703. The Labute approximate surface area is 160 Å². The largest absolute Gasteiger partial charge is 0.370 e. The highest BCUT2D eigenvalue weighted by atomic mass is 79.9. The van der Waals surface area contributed by atoms with E-state index in [0.717, 1.165) is 21.0 Å². The van der Waals surface area contributed by atoms with E-state index >= 15 is 0 Å². The molecule has 1 amide bonds. The van der Waals surface area contributed by atoms with Gasteiger partial charge in [0.1, 0.15) is 6.07 Å². The van der Waals surface area contributed by atoms with Gasteiger partial charge < -0.3 is 5.73 Å². The molecule has 2 aromatic heterocycles. The van der Waals surface area contributed by atoms with Gasteiger partial charge in [-0.2, -0.15) is 5.26 Å². The summed E-state index contributed by atoms with van der Waals surface area (Å²) in [5.74, 6) is -0.414. The van der Waals surface area contributed by atoms with Crippen LogP contribution in [0, 0.1) is 11.3 Å². The van der Waals surface area contributed by atoms with Crippen molar-refractivity contribution in [1.29, 1.82) is 5.26 Å². The molecule has 0 unspecified atom stereocenters. The molecule has 0 fully saturated rings. The van der Waals surface area contributed by atoms with Gasteiger partial charge in [0, 0.05) is 33.5 Å². The lowest BCUT2D eigenvalue weighted by Crippen LogP contribution is -2.27. The number of hydrogen-bond donors (Lipinski definition) is 1. The zero-order valence-electron chi connectivity index (χ0n) is 14.5. The number of fused-ring (bicyclic) bond motifs is 1. The molecular formula is C20H17BrN4O. The highest BCUT2D eigenvalue weighted by Gasteiger charge is 2.30. The number of amides is 1. The van der Waals surface area contributed by atoms with Crippen LogP contribution < -0.4 is 5.73 Å². The minimum Gasteiger partial charge on any atom is -0.370 e. The van der Waals surface area contributed by atoms with Crippen LogP contribution in [0.2, 0.25) is 0 Å². The van der Waals surface area contributed by atoms with Gasteiger partial charge in [-0.3, -0.25) is 9.78 Å². The second-order valence-electron chi connectivity index (χ2n) is 6.75. The Morgan fingerprint density at radius 3 is 2.58 bits per heavy atom. The first kappa shape index (κ1) is 18.0. The van der Waals surface area contributed by atoms with Crippen LogP contribution in [0.1, 0.15) is 31.4 Å². The number of primary amides is 1. The van der Waals surface area contributed by atoms with E-state index in [9.17, 15) is 10.1 Å². The van der Waals surface area contributed by atoms with Gasteiger partial charge in [0.25, 0.3) is 0 Å². The summed E-state index contributed by atoms with van der Waals surface area (Å²) < 4.78 is 0.941. The molecular weight excluding hydrogens is 392 g/mol. The van der Waals surface area contributed by atoms with E-state index in [0.29, 0.717) is 16.8 Å². The Bertz CT molecular complexity index is 1040. The number of nitrogens with two attached hydrogens (primary N) is 1. The number of carbonyl (C=O) groups is 1. The summed E-state index contributed by atoms with van der Waals surface area (Å²) in [7, 11) is 0. The Balaban J connectivity index is 2.40. The van der Waals surface area contributed by atoms with E-state index in [1.807, 2.05) is 44.2 Å². The van der Waals surface area contributed by atoms with Crippen LogP contribution in [0.4, 0.5) is 0 Å². The summed E-state index contributed by atoms with van der Waals surface area (Å²) in [5.41, 5.74) is 8.14. The molecule has 130 valence electrons. The van der Waals surface area contributed by atoms with Crippen LogP contribution >= 0.6 is 15.9 Å². The first-order valence-electron chi connectivity index (χ1n) is 8.06. The highest BCUT2D eigenvalue weighted by molar-refractivity contribution is 9.10. The number of nitriles is 1. The molecule has 26 heavy (non-hydrogen) atoms. The summed E-state index contributed by atoms with van der Waals surface area (Å²) in [6.45, 7) is 3.83. The molecule has 0 saturated heterocycles. The summed E-state index contributed by atoms with van der Waals surface area (Å²) in [6, 6.07) is 11.7. The lowest BCUT2D eigenvalue weighted by atomic mass is 9.76. The fourth-order valence-electron chi connectivity index (χ4n) is 3.27. The summed E-state index contributed by atoms with van der Waals surface area (Å²) in [4.78, 5) is 20.5. The van der Waals surface area contributed by atoms with Gasteiger partial charge in [0.05, 0.1) is 23.0 Å². The molecule has 0 radical (unpaired) electrons. The van der Waals surface area contributed by atoms with Crippen LogP contribution in [-0.4, -0.2) is 15.9 Å². The Morgan fingerprint density at radius 1 is 1.27 bits per heavy atom. The molecule has 2 heterocycles. The van der Waals surface area contributed by atoms with E-state index in [-0.39, 0.29) is 6.42 Å². The predicted octanol–water partition coefficient (Wildman–Crippen LogP) is 4.08. The Hall–Kier alpha value is -2.78. The minimum atomic E-state index is -0.621. The maximum atomic E-state index is 11.6. The van der Waals surface area contributed by atoms with Gasteiger partial charge in [-0.05, 0) is 23.8 Å². The van der Waals surface area contributed by atoms with E-state index in [2.05, 4.69) is 32.0 Å². The lowest BCUT2D eigenvalue weighted by molar-refractivity contribution is -0.119. The number of rotatable bonds is 4. The third-order valence-corrected chi connectivity index (χ3v) is 4.84. The van der Waals surface area contributed by atoms with Crippen molar-refractivity contribution >= 4 is 32.7 Å². The molecule has 0 aliphatic rings. The van der Waals surface area contributed by atoms with Gasteiger partial charge in [-0.1, -0.05) is 41.9 Å². The molecule has 3 aromatic rings. The lowest BCUT2D eigenvalue weighted by Gasteiger charge is -2.27. The predicted molar refractivity (Wildman–Crippen MR) is 104 cm³/mol. The van der Waals surface area contributed by atoms with Gasteiger partial charge >= 0.3 is 0 Å². The monoisotopic (exact) mass is 408 g/mol. The van der Waals surface area contributed by atoms with Crippen LogP contribution in [0.15, 0.2) is 47.2 Å². The number of aromatic nitrogens is 2. The fraction of sp³-hybridized carbons (Fsp3) is 0.200. The molecule has 2 N–H and O–H groups in total. The van der Waals surface area contributed by atoms with Gasteiger partial charge in [0.15, 0.2) is 0 Å². The maximum Gasteiger partial charge on any atom is 0.218 e. The summed E-state index contributed by atoms with van der Waals surface area (Å²) in [5, 5.41) is 10.7. The van der Waals surface area contributed by atoms with Gasteiger partial charge in [-0.15, -0.1) is 0 Å². The number of pyridine rings is 2. The second-order valence-corrected chi connectivity index (χ2v) is 7.66. The summed E-state index contributed by atoms with van der Waals surface area (Å²) in [6.07, 6.45) is 3.46. The van der Waals surface area contributed by atoms with Gasteiger partial charge in [-0.25, -0.2) is 4.98 Å². The van der Waals surface area contributed by atoms with Crippen molar-refractivity contribution in [2.45, 2.75) is 25.7 Å². The third-order valence-electron chi connectivity index (χ3n) is 4.31. The molecule has 1 aromatic carbocycles. The average Bonchev–Trinajstić information content (AvgIpc) is 2.59. The molecule has 0 saturated carbocycles. The van der Waals surface area contributed by atoms with Crippen molar-refractivity contribution in [2.24, 2.45) is 5.73 Å². The van der Waals surface area contributed by atoms with Crippen molar-refractivity contribution in [1.82, 2.24) is 9.97 Å². The van der Waals surface area contributed by atoms with E-state index in [1.54, 1.807) is 12.4 Å². The molecule has 0 aliphatic carbocycles. The van der Waals surface area contributed by atoms with Crippen molar-refractivity contribution in [3.05, 3.63) is 58.3 Å². The maximum absolute atomic E-state index is 11.6. The van der Waals surface area contributed by atoms with Crippen LogP contribution in [0.5, 0.6) is 0 Å². The van der Waals surface area contributed by atoms with Crippen molar-refractivity contribution in [2.75, 3.05) is 0 Å². The highest BCUT2D eigenvalue weighted by Crippen LogP contribution is 2.38. The van der Waals surface area contributed by atoms with E-state index in [4.69, 9.17) is 5.73 Å². The van der Waals surface area contributed by atoms with Crippen molar-refractivity contribution in [3.63, 3.8) is 0 Å². The van der Waals surface area contributed by atoms with Crippen LogP contribution in [0.3, 0.4) is 0 Å². The first-order chi connectivity index (χ1) is 12.3. The third kappa shape index (κ3) is 3.31. The van der Waals surface area contributed by atoms with Crippen LogP contribution in [-0.2, 0) is 10.2 Å². The van der Waals surface area contributed by atoms with E-state index < -0.39 is 11.3 Å². The number of benzene rings is 1. The fourth-order valence-corrected chi connectivity index (χ4v) is 3.53. The van der Waals surface area contributed by atoms with E-state index in [1.165, 1.54) is 0 Å². The molecule has 0 bridgehead atoms. The standard InChI is InChI=1S/C20H17BrN4O/c1-20(2,9-17(23)26)18-14-7-8-24-11-16(14)25-19(15(18)10-22)12-3-5-13(21)6-4-12/h3-8,11H,9H2,1-2H3,(H2,23,26). The van der Waals surface area contributed by atoms with Crippen molar-refractivity contribution in [3.8, 4) is 17.3 Å². The van der Waals surface area contributed by atoms with Crippen LogP contribution in [0.25, 0.3) is 22.2 Å². The smallest absolute Gasteiger partial charge is 0.218 e. The topological polar surface area (TPSA) is 92.7 Å². The number of nitrogens with zero attached hydrogens (tertiary/aromatic N) is 3. The molecule has 0 aliphatic heterocycles. The van der Waals surface area contributed by atoms with Crippen molar-refractivity contribution < 1.29 is 4.79 Å². The molecule has 0 atom stereocenters. The first-order valence-corrected chi connectivity index (χ1v) is 8.85. The minimum absolute atomic E-state index is 0.128. The SMILES string of the molecule is CC(C)(CC(N)=O)c1c(C#N)c(-c2ccc(Br)cc2)nc2cnccc12. The zero-order valence-corrected chi connectivity index (χ0v) is 16.0.